The van der Waals surface area contributed by atoms with E-state index >= 15 is 0 Å². The van der Waals surface area contributed by atoms with E-state index in [1.54, 1.807) is 0 Å². The van der Waals surface area contributed by atoms with Gasteiger partial charge in [-0.1, -0.05) is 62.2 Å². The average Bonchev–Trinajstić information content (AvgIpc) is 2.81. The zero-order chi connectivity index (χ0) is 20.8. The van der Waals surface area contributed by atoms with Crippen LogP contribution in [0.2, 0.25) is 0 Å². The molecule has 2 fully saturated rings. The summed E-state index contributed by atoms with van der Waals surface area (Å²) in [6.07, 6.45) is 12.9. The maximum atomic E-state index is 5.60. The molecule has 1 atom stereocenters. The van der Waals surface area contributed by atoms with Crippen LogP contribution in [0.15, 0.2) is 54.6 Å². The molecule has 0 bridgehead atoms. The second kappa shape index (κ2) is 10.5. The molecule has 0 N–H and O–H groups in total. The molecule has 1 heteroatoms. The second-order valence-corrected chi connectivity index (χ2v) is 9.94. The van der Waals surface area contributed by atoms with Crippen LogP contribution < -0.4 is 4.74 Å². The molecule has 1 unspecified atom stereocenters. The van der Waals surface area contributed by atoms with Gasteiger partial charge in [-0.2, -0.15) is 0 Å². The molecule has 0 amide bonds. The van der Waals surface area contributed by atoms with Crippen molar-refractivity contribution in [3.8, 4) is 5.75 Å². The summed E-state index contributed by atoms with van der Waals surface area (Å²) in [5.74, 6) is 5.40. The lowest BCUT2D eigenvalue weighted by molar-refractivity contribution is 0.154. The van der Waals surface area contributed by atoms with Crippen molar-refractivity contribution in [2.24, 2.45) is 17.8 Å². The monoisotopic (exact) mass is 404 g/mol. The first-order valence-corrected chi connectivity index (χ1v) is 12.5. The highest BCUT2D eigenvalue weighted by Crippen LogP contribution is 2.45. The fourth-order valence-electron chi connectivity index (χ4n) is 6.24. The summed E-state index contributed by atoms with van der Waals surface area (Å²) in [6, 6.07) is 20.0. The Morgan fingerprint density at radius 3 is 1.97 bits per heavy atom. The number of hydrogen-bond acceptors (Lipinski definition) is 1. The Balaban J connectivity index is 1.21. The number of rotatable bonds is 7. The van der Waals surface area contributed by atoms with E-state index in [9.17, 15) is 0 Å². The lowest BCUT2D eigenvalue weighted by Crippen LogP contribution is -2.25. The third kappa shape index (κ3) is 5.48. The van der Waals surface area contributed by atoms with Crippen molar-refractivity contribution in [1.82, 2.24) is 0 Å². The Kier molecular flexibility index (Phi) is 7.52. The minimum absolute atomic E-state index is 0.706. The van der Waals surface area contributed by atoms with Crippen molar-refractivity contribution < 1.29 is 4.74 Å². The molecule has 0 aliphatic heterocycles. The van der Waals surface area contributed by atoms with Crippen LogP contribution in [0.1, 0.15) is 94.6 Å². The summed E-state index contributed by atoms with van der Waals surface area (Å²) in [6.45, 7) is 5.22. The Morgan fingerprint density at radius 2 is 1.37 bits per heavy atom. The van der Waals surface area contributed by atoms with Crippen molar-refractivity contribution >= 4 is 0 Å². The van der Waals surface area contributed by atoms with E-state index in [1.807, 2.05) is 6.92 Å². The van der Waals surface area contributed by atoms with E-state index in [2.05, 4.69) is 61.5 Å². The summed E-state index contributed by atoms with van der Waals surface area (Å²) in [5.41, 5.74) is 3.04. The van der Waals surface area contributed by atoms with Gasteiger partial charge in [-0.25, -0.2) is 0 Å². The summed E-state index contributed by atoms with van der Waals surface area (Å²) >= 11 is 0. The number of benzene rings is 2. The van der Waals surface area contributed by atoms with E-state index in [1.165, 1.54) is 68.9 Å². The molecule has 0 saturated heterocycles. The fourth-order valence-corrected chi connectivity index (χ4v) is 6.24. The minimum atomic E-state index is 0.706. The predicted molar refractivity (Wildman–Crippen MR) is 127 cm³/mol. The maximum absolute atomic E-state index is 5.60. The van der Waals surface area contributed by atoms with E-state index in [0.29, 0.717) is 5.92 Å². The van der Waals surface area contributed by atoms with Gasteiger partial charge >= 0.3 is 0 Å². The van der Waals surface area contributed by atoms with Gasteiger partial charge in [0.1, 0.15) is 5.75 Å². The van der Waals surface area contributed by atoms with Gasteiger partial charge in [-0.3, -0.25) is 0 Å². The maximum Gasteiger partial charge on any atom is 0.119 e. The van der Waals surface area contributed by atoms with E-state index in [4.69, 9.17) is 4.74 Å². The van der Waals surface area contributed by atoms with E-state index in [0.717, 1.165) is 36.0 Å². The average molecular weight is 405 g/mol. The highest BCUT2D eigenvalue weighted by atomic mass is 16.5. The summed E-state index contributed by atoms with van der Waals surface area (Å²) in [4.78, 5) is 0. The Bertz CT molecular complexity index is 734. The van der Waals surface area contributed by atoms with Crippen LogP contribution in [0.3, 0.4) is 0 Å². The van der Waals surface area contributed by atoms with Crippen LogP contribution in [0, 0.1) is 17.8 Å². The van der Waals surface area contributed by atoms with Crippen LogP contribution in [-0.4, -0.2) is 6.61 Å². The molecule has 4 rings (SSSR count). The molecule has 0 spiro atoms. The molecule has 0 radical (unpaired) electrons. The predicted octanol–water partition coefficient (Wildman–Crippen LogP) is 8.36. The van der Waals surface area contributed by atoms with Crippen molar-refractivity contribution in [2.45, 2.75) is 83.5 Å². The van der Waals surface area contributed by atoms with Crippen molar-refractivity contribution in [3.05, 3.63) is 65.7 Å². The largest absolute Gasteiger partial charge is 0.494 e. The third-order valence-electron chi connectivity index (χ3n) is 8.05. The number of ether oxygens (including phenoxy) is 1. The van der Waals surface area contributed by atoms with Gasteiger partial charge < -0.3 is 4.74 Å². The van der Waals surface area contributed by atoms with Crippen molar-refractivity contribution in [3.63, 3.8) is 0 Å². The smallest absolute Gasteiger partial charge is 0.119 e. The summed E-state index contributed by atoms with van der Waals surface area (Å²) in [7, 11) is 0. The first-order valence-electron chi connectivity index (χ1n) is 12.5. The molecular formula is C29H40O. The second-order valence-electron chi connectivity index (χ2n) is 9.94. The first-order chi connectivity index (χ1) is 14.7. The van der Waals surface area contributed by atoms with E-state index in [-0.39, 0.29) is 0 Å². The van der Waals surface area contributed by atoms with Gasteiger partial charge in [0.15, 0.2) is 0 Å². The van der Waals surface area contributed by atoms with Crippen molar-refractivity contribution in [2.75, 3.05) is 6.61 Å². The van der Waals surface area contributed by atoms with Gasteiger partial charge in [0, 0.05) is 0 Å². The van der Waals surface area contributed by atoms with Gasteiger partial charge in [0.25, 0.3) is 0 Å². The zero-order valence-electron chi connectivity index (χ0n) is 19.1. The quantitative estimate of drug-likeness (QED) is 0.450. The van der Waals surface area contributed by atoms with Gasteiger partial charge in [-0.15, -0.1) is 0 Å². The molecule has 0 heterocycles. The summed E-state index contributed by atoms with van der Waals surface area (Å²) < 4.78 is 5.60. The van der Waals surface area contributed by atoms with Gasteiger partial charge in [-0.05, 0) is 105 Å². The van der Waals surface area contributed by atoms with Crippen molar-refractivity contribution in [1.29, 1.82) is 0 Å². The molecule has 2 aliphatic carbocycles. The molecule has 162 valence electrons. The molecular weight excluding hydrogens is 364 g/mol. The number of hydrogen-bond donors (Lipinski definition) is 0. The van der Waals surface area contributed by atoms with Crippen LogP contribution in [0.25, 0.3) is 0 Å². The van der Waals surface area contributed by atoms with E-state index < -0.39 is 0 Å². The van der Waals surface area contributed by atoms with Crippen LogP contribution in [0.5, 0.6) is 5.75 Å². The van der Waals surface area contributed by atoms with Gasteiger partial charge in [0.2, 0.25) is 0 Å². The standard InChI is InChI=1S/C29H40O/c1-3-30-29-19-17-28(18-20-29)27-15-13-26(14-16-27)25-11-9-23(10-12-25)21-22(2)24-7-5-4-6-8-24/h4-8,17-20,22-23,25-27H,3,9-16,21H2,1-2H3. The third-order valence-corrected chi connectivity index (χ3v) is 8.05. The van der Waals surface area contributed by atoms with Gasteiger partial charge in [0.05, 0.1) is 6.61 Å². The topological polar surface area (TPSA) is 9.23 Å². The van der Waals surface area contributed by atoms with Crippen LogP contribution in [0.4, 0.5) is 0 Å². The fraction of sp³-hybridized carbons (Fsp3) is 0.586. The molecule has 2 saturated carbocycles. The van der Waals surface area contributed by atoms with Crippen LogP contribution >= 0.6 is 0 Å². The van der Waals surface area contributed by atoms with Crippen LogP contribution in [-0.2, 0) is 0 Å². The molecule has 2 aliphatic rings. The highest BCUT2D eigenvalue weighted by molar-refractivity contribution is 5.29. The first kappa shape index (κ1) is 21.5. The molecule has 0 aromatic heterocycles. The summed E-state index contributed by atoms with van der Waals surface area (Å²) in [5, 5.41) is 0. The Labute approximate surface area is 184 Å². The molecule has 30 heavy (non-hydrogen) atoms. The minimum Gasteiger partial charge on any atom is -0.494 e. The Hall–Kier alpha value is -1.76. The lowest BCUT2D eigenvalue weighted by atomic mass is 9.67. The molecule has 2 aromatic rings. The lowest BCUT2D eigenvalue weighted by Gasteiger charge is -2.38. The highest BCUT2D eigenvalue weighted by Gasteiger charge is 2.31. The normalized spacial score (nSPS) is 28.1. The molecule has 1 nitrogen and oxygen atoms in total. The zero-order valence-corrected chi connectivity index (χ0v) is 19.1. The SMILES string of the molecule is CCOc1ccc(C2CCC(C3CCC(CC(C)c4ccccc4)CC3)CC2)cc1. The molecule has 2 aromatic carbocycles. The Morgan fingerprint density at radius 1 is 0.767 bits per heavy atom.